The van der Waals surface area contributed by atoms with Crippen LogP contribution in [0.5, 0.6) is 5.75 Å². The first-order valence-corrected chi connectivity index (χ1v) is 14.6. The number of hydrogen-bond donors (Lipinski definition) is 1. The Morgan fingerprint density at radius 3 is 2.43 bits per heavy atom. The molecule has 1 atom stereocenters. The van der Waals surface area contributed by atoms with Gasteiger partial charge in [-0.1, -0.05) is 62.4 Å². The van der Waals surface area contributed by atoms with E-state index in [1.807, 2.05) is 30.3 Å². The third-order valence-corrected chi connectivity index (χ3v) is 7.93. The lowest BCUT2D eigenvalue weighted by Gasteiger charge is -2.38. The second-order valence-electron chi connectivity index (χ2n) is 10.3. The van der Waals surface area contributed by atoms with Gasteiger partial charge in [-0.05, 0) is 88.9 Å². The number of amides is 1. The number of hydrogen-bond acceptors (Lipinski definition) is 5. The van der Waals surface area contributed by atoms with Gasteiger partial charge in [-0.15, -0.1) is 0 Å². The SMILES string of the molecule is COC(=O)C1=C(C)NC(=S)N(C(=O)/C(C)=C/c2ccc(OCc3ccccc3F)c(Br)c2)C1c1ccc(C(C)C)cc1. The largest absolute Gasteiger partial charge is 0.488 e. The molecular weight excluding hydrogens is 619 g/mol. The smallest absolute Gasteiger partial charge is 0.337 e. The average Bonchev–Trinajstić information content (AvgIpc) is 2.96. The van der Waals surface area contributed by atoms with Crippen LogP contribution in [0, 0.1) is 5.82 Å². The van der Waals surface area contributed by atoms with Gasteiger partial charge in [0.15, 0.2) is 5.11 Å². The molecule has 0 radical (unpaired) electrons. The van der Waals surface area contributed by atoms with Crippen molar-refractivity contribution in [2.75, 3.05) is 7.11 Å². The highest BCUT2D eigenvalue weighted by Crippen LogP contribution is 2.36. The maximum atomic E-state index is 14.0. The molecule has 0 aliphatic carbocycles. The maximum absolute atomic E-state index is 14.0. The molecule has 0 spiro atoms. The number of thiocarbonyl (C=S) groups is 1. The Morgan fingerprint density at radius 1 is 1.12 bits per heavy atom. The summed E-state index contributed by atoms with van der Waals surface area (Å²) in [5, 5.41) is 3.20. The van der Waals surface area contributed by atoms with Gasteiger partial charge in [-0.25, -0.2) is 9.18 Å². The van der Waals surface area contributed by atoms with Crippen LogP contribution in [0.4, 0.5) is 4.39 Å². The van der Waals surface area contributed by atoms with Gasteiger partial charge in [0.25, 0.3) is 5.91 Å². The number of nitrogens with one attached hydrogen (secondary N) is 1. The second-order valence-corrected chi connectivity index (χ2v) is 11.5. The molecule has 0 fully saturated rings. The van der Waals surface area contributed by atoms with Crippen molar-refractivity contribution in [1.82, 2.24) is 10.2 Å². The minimum atomic E-state index is -0.774. The molecule has 1 N–H and O–H groups in total. The number of esters is 1. The van der Waals surface area contributed by atoms with Crippen LogP contribution < -0.4 is 10.1 Å². The van der Waals surface area contributed by atoms with E-state index in [-0.39, 0.29) is 23.4 Å². The summed E-state index contributed by atoms with van der Waals surface area (Å²) in [5.41, 5.74) is 4.30. The first-order chi connectivity index (χ1) is 20.0. The molecule has 3 aromatic rings. The first-order valence-electron chi connectivity index (χ1n) is 13.4. The van der Waals surface area contributed by atoms with Crippen LogP contribution in [0.25, 0.3) is 6.08 Å². The summed E-state index contributed by atoms with van der Waals surface area (Å²) in [7, 11) is 1.31. The van der Waals surface area contributed by atoms with Gasteiger partial charge >= 0.3 is 5.97 Å². The number of allylic oxidation sites excluding steroid dienone is 1. The van der Waals surface area contributed by atoms with E-state index in [0.29, 0.717) is 38.5 Å². The Hall–Kier alpha value is -3.82. The third kappa shape index (κ3) is 6.79. The lowest BCUT2D eigenvalue weighted by Crippen LogP contribution is -2.51. The minimum Gasteiger partial charge on any atom is -0.488 e. The molecule has 0 bridgehead atoms. The number of halogens is 2. The van der Waals surface area contributed by atoms with Gasteiger partial charge in [0.05, 0.1) is 23.2 Å². The first kappa shape index (κ1) is 31.1. The Labute approximate surface area is 259 Å². The highest BCUT2D eigenvalue weighted by molar-refractivity contribution is 9.10. The van der Waals surface area contributed by atoms with Gasteiger partial charge in [0, 0.05) is 16.8 Å². The fourth-order valence-corrected chi connectivity index (χ4v) is 5.55. The van der Waals surface area contributed by atoms with Gasteiger partial charge in [0.2, 0.25) is 0 Å². The van der Waals surface area contributed by atoms with Crippen LogP contribution in [0.15, 0.2) is 88.0 Å². The van der Waals surface area contributed by atoms with Crippen LogP contribution in [0.2, 0.25) is 0 Å². The van der Waals surface area contributed by atoms with Crippen LogP contribution in [0.1, 0.15) is 61.9 Å². The van der Waals surface area contributed by atoms with Gasteiger partial charge < -0.3 is 14.8 Å². The molecule has 6 nitrogen and oxygen atoms in total. The van der Waals surface area contributed by atoms with Crippen molar-refractivity contribution in [3.63, 3.8) is 0 Å². The summed E-state index contributed by atoms with van der Waals surface area (Å²) >= 11 is 9.15. The quantitative estimate of drug-likeness (QED) is 0.154. The van der Waals surface area contributed by atoms with Crippen LogP contribution in [0.3, 0.4) is 0 Å². The van der Waals surface area contributed by atoms with Crippen molar-refractivity contribution in [3.8, 4) is 5.75 Å². The van der Waals surface area contributed by atoms with Crippen LogP contribution in [-0.4, -0.2) is 29.0 Å². The fourth-order valence-electron chi connectivity index (χ4n) is 4.70. The number of carbonyl (C=O) groups is 2. The predicted octanol–water partition coefficient (Wildman–Crippen LogP) is 7.60. The van der Waals surface area contributed by atoms with E-state index in [4.69, 9.17) is 21.7 Å². The zero-order valence-electron chi connectivity index (χ0n) is 24.0. The zero-order chi connectivity index (χ0) is 30.6. The van der Waals surface area contributed by atoms with E-state index in [9.17, 15) is 14.0 Å². The van der Waals surface area contributed by atoms with Gasteiger partial charge in [-0.3, -0.25) is 9.69 Å². The molecule has 218 valence electrons. The summed E-state index contributed by atoms with van der Waals surface area (Å²) in [4.78, 5) is 28.3. The number of benzene rings is 3. The van der Waals surface area contributed by atoms with E-state index < -0.39 is 12.0 Å². The molecule has 1 aliphatic rings. The number of methoxy groups -OCH3 is 1. The monoisotopic (exact) mass is 650 g/mol. The van der Waals surface area contributed by atoms with E-state index in [1.165, 1.54) is 18.1 Å². The van der Waals surface area contributed by atoms with Crippen molar-refractivity contribution in [2.45, 2.75) is 46.3 Å². The van der Waals surface area contributed by atoms with E-state index >= 15 is 0 Å². The molecule has 1 unspecified atom stereocenters. The summed E-state index contributed by atoms with van der Waals surface area (Å²) in [5.74, 6) is -0.384. The minimum absolute atomic E-state index is 0.0758. The van der Waals surface area contributed by atoms with Crippen LogP contribution >= 0.6 is 28.1 Å². The molecule has 4 rings (SSSR count). The zero-order valence-corrected chi connectivity index (χ0v) is 26.4. The predicted molar refractivity (Wildman–Crippen MR) is 169 cm³/mol. The lowest BCUT2D eigenvalue weighted by molar-refractivity contribution is -0.137. The molecule has 0 saturated heterocycles. The Balaban J connectivity index is 1.64. The summed E-state index contributed by atoms with van der Waals surface area (Å²) in [6.07, 6.45) is 1.73. The molecule has 0 aromatic heterocycles. The van der Waals surface area contributed by atoms with Crippen molar-refractivity contribution in [1.29, 1.82) is 0 Å². The molecule has 1 amide bonds. The van der Waals surface area contributed by atoms with Gasteiger partial charge in [-0.2, -0.15) is 0 Å². The molecular formula is C33H32BrFN2O4S. The highest BCUT2D eigenvalue weighted by atomic mass is 79.9. The maximum Gasteiger partial charge on any atom is 0.337 e. The topological polar surface area (TPSA) is 67.9 Å². The normalized spacial score (nSPS) is 15.5. The van der Waals surface area contributed by atoms with Gasteiger partial charge in [0.1, 0.15) is 18.2 Å². The Morgan fingerprint density at radius 2 is 1.81 bits per heavy atom. The van der Waals surface area contributed by atoms with Crippen molar-refractivity contribution < 1.29 is 23.5 Å². The van der Waals surface area contributed by atoms with E-state index in [1.54, 1.807) is 50.3 Å². The number of rotatable bonds is 8. The molecule has 1 aliphatic heterocycles. The Bertz CT molecular complexity index is 1580. The summed E-state index contributed by atoms with van der Waals surface area (Å²) < 4.78 is 25.5. The standard InChI is InChI=1S/C33H32BrFN2O4S/c1-19(2)23-11-13-24(14-12-23)30-29(32(39)40-5)21(4)36-33(42)37(30)31(38)20(3)16-22-10-15-28(26(34)17-22)41-18-25-8-6-7-9-27(25)35/h6-17,19,30H,18H2,1-5H3,(H,36,42)/b20-16+. The molecule has 42 heavy (non-hydrogen) atoms. The van der Waals surface area contributed by atoms with Crippen molar-refractivity contribution in [2.24, 2.45) is 0 Å². The van der Waals surface area contributed by atoms with Crippen molar-refractivity contribution in [3.05, 3.63) is 116 Å². The summed E-state index contributed by atoms with van der Waals surface area (Å²) in [6, 6.07) is 18.9. The number of ether oxygens (including phenoxy) is 2. The highest BCUT2D eigenvalue weighted by Gasteiger charge is 2.40. The number of nitrogens with zero attached hydrogens (tertiary/aromatic N) is 1. The second kappa shape index (κ2) is 13.4. The molecule has 0 saturated carbocycles. The van der Waals surface area contributed by atoms with Crippen LogP contribution in [-0.2, 0) is 20.9 Å². The molecule has 1 heterocycles. The fraction of sp³-hybridized carbons (Fsp3) is 0.242. The number of carbonyl (C=O) groups excluding carboxylic acids is 2. The average molecular weight is 652 g/mol. The van der Waals surface area contributed by atoms with E-state index in [0.717, 1.165) is 16.7 Å². The molecule has 9 heteroatoms. The summed E-state index contributed by atoms with van der Waals surface area (Å²) in [6.45, 7) is 7.72. The lowest BCUT2D eigenvalue weighted by atomic mass is 9.91. The van der Waals surface area contributed by atoms with Crippen molar-refractivity contribution >= 4 is 51.2 Å². The van der Waals surface area contributed by atoms with E-state index in [2.05, 4.69) is 35.1 Å². The third-order valence-electron chi connectivity index (χ3n) is 7.01. The molecule has 3 aromatic carbocycles. The Kier molecular flexibility index (Phi) is 9.96.